The number of esters is 1. The van der Waals surface area contributed by atoms with E-state index in [1.54, 1.807) is 48.5 Å². The molecule has 25 heavy (non-hydrogen) atoms. The summed E-state index contributed by atoms with van der Waals surface area (Å²) in [6.45, 7) is 12.2. The third-order valence-electron chi connectivity index (χ3n) is 2.99. The zero-order chi connectivity index (χ0) is 20.0. The largest absolute Gasteiger partial charge is 0.480 e. The Morgan fingerprint density at radius 2 is 1.60 bits per heavy atom. The highest BCUT2D eigenvalue weighted by atomic mass is 16.6. The van der Waals surface area contributed by atoms with Gasteiger partial charge in [0.25, 0.3) is 0 Å². The molecule has 0 aromatic heterocycles. The molecule has 0 saturated carbocycles. The second kappa shape index (κ2) is 9.15. The van der Waals surface area contributed by atoms with E-state index in [4.69, 9.17) is 15.2 Å². The number of aliphatic carboxylic acids is 1. The lowest BCUT2D eigenvalue weighted by Crippen LogP contribution is -2.54. The van der Waals surface area contributed by atoms with Crippen LogP contribution in [0.4, 0.5) is 0 Å². The van der Waals surface area contributed by atoms with Crippen LogP contribution in [0.15, 0.2) is 0 Å². The van der Waals surface area contributed by atoms with Crippen molar-refractivity contribution in [1.82, 2.24) is 5.32 Å². The molecule has 0 saturated heterocycles. The standard InChI is InChI=1S/C17H32N2O6/c1-10(24-16(2,3)4)13(15(22)23)19-14(21)11(18)8-9-12(20)25-17(5,6)7/h10-11,13H,8-9,18H2,1-7H3,(H,19,21)(H,22,23)/t10-,11+,13+/m1/s1. The zero-order valence-electron chi connectivity index (χ0n) is 16.2. The number of carbonyl (C=O) groups excluding carboxylic acids is 2. The summed E-state index contributed by atoms with van der Waals surface area (Å²) < 4.78 is 10.7. The molecule has 1 amide bonds. The highest BCUT2D eigenvalue weighted by Gasteiger charge is 2.31. The molecule has 0 aliphatic heterocycles. The fourth-order valence-electron chi connectivity index (χ4n) is 2.06. The van der Waals surface area contributed by atoms with Crippen LogP contribution in [0.2, 0.25) is 0 Å². The van der Waals surface area contributed by atoms with Gasteiger partial charge in [-0.2, -0.15) is 0 Å². The van der Waals surface area contributed by atoms with Gasteiger partial charge in [0, 0.05) is 6.42 Å². The lowest BCUT2D eigenvalue weighted by atomic mass is 10.1. The van der Waals surface area contributed by atoms with Crippen molar-refractivity contribution in [3.05, 3.63) is 0 Å². The first-order chi connectivity index (χ1) is 11.1. The third-order valence-corrected chi connectivity index (χ3v) is 2.99. The molecule has 0 radical (unpaired) electrons. The van der Waals surface area contributed by atoms with Gasteiger partial charge in [0.15, 0.2) is 6.04 Å². The Morgan fingerprint density at radius 3 is 2.00 bits per heavy atom. The van der Waals surface area contributed by atoms with E-state index in [1.165, 1.54) is 0 Å². The van der Waals surface area contributed by atoms with Gasteiger partial charge in [-0.25, -0.2) is 4.79 Å². The van der Waals surface area contributed by atoms with Gasteiger partial charge in [-0.1, -0.05) is 0 Å². The van der Waals surface area contributed by atoms with Gasteiger partial charge in [-0.05, 0) is 54.9 Å². The van der Waals surface area contributed by atoms with E-state index >= 15 is 0 Å². The summed E-state index contributed by atoms with van der Waals surface area (Å²) in [5.41, 5.74) is 4.58. The second-order valence-corrected chi connectivity index (χ2v) is 7.99. The third kappa shape index (κ3) is 10.7. The predicted octanol–water partition coefficient (Wildman–Crippen LogP) is 1.21. The molecule has 0 bridgehead atoms. The average molecular weight is 360 g/mol. The van der Waals surface area contributed by atoms with Crippen LogP contribution in [-0.4, -0.2) is 52.3 Å². The molecule has 0 unspecified atom stereocenters. The van der Waals surface area contributed by atoms with Crippen LogP contribution in [0.5, 0.6) is 0 Å². The zero-order valence-corrected chi connectivity index (χ0v) is 16.2. The molecule has 0 spiro atoms. The summed E-state index contributed by atoms with van der Waals surface area (Å²) in [6.07, 6.45) is -0.723. The number of hydrogen-bond donors (Lipinski definition) is 3. The quantitative estimate of drug-likeness (QED) is 0.555. The van der Waals surface area contributed by atoms with Gasteiger partial charge in [0.2, 0.25) is 5.91 Å². The Morgan fingerprint density at radius 1 is 1.08 bits per heavy atom. The average Bonchev–Trinajstić information content (AvgIpc) is 2.37. The summed E-state index contributed by atoms with van der Waals surface area (Å²) >= 11 is 0. The van der Waals surface area contributed by atoms with Crippen LogP contribution in [-0.2, 0) is 23.9 Å². The molecule has 0 fully saturated rings. The maximum atomic E-state index is 12.1. The Bertz CT molecular complexity index is 479. The van der Waals surface area contributed by atoms with Crippen LogP contribution in [0.3, 0.4) is 0 Å². The Labute approximate surface area is 149 Å². The minimum atomic E-state index is -1.24. The van der Waals surface area contributed by atoms with Crippen LogP contribution < -0.4 is 11.1 Å². The molecule has 146 valence electrons. The van der Waals surface area contributed by atoms with Crippen LogP contribution in [0.1, 0.15) is 61.3 Å². The lowest BCUT2D eigenvalue weighted by Gasteiger charge is -2.29. The number of amides is 1. The molecule has 0 rings (SSSR count). The Balaban J connectivity index is 4.64. The van der Waals surface area contributed by atoms with E-state index in [-0.39, 0.29) is 12.8 Å². The number of carbonyl (C=O) groups is 3. The van der Waals surface area contributed by atoms with Gasteiger partial charge < -0.3 is 25.6 Å². The van der Waals surface area contributed by atoms with Crippen molar-refractivity contribution in [2.24, 2.45) is 5.73 Å². The van der Waals surface area contributed by atoms with Crippen molar-refractivity contribution in [3.8, 4) is 0 Å². The fourth-order valence-corrected chi connectivity index (χ4v) is 2.06. The fraction of sp³-hybridized carbons (Fsp3) is 0.824. The smallest absolute Gasteiger partial charge is 0.328 e. The van der Waals surface area contributed by atoms with Crippen LogP contribution >= 0.6 is 0 Å². The SMILES string of the molecule is C[C@@H](OC(C)(C)C)[C@H](NC(=O)[C@@H](N)CCC(=O)OC(C)(C)C)C(=O)O. The van der Waals surface area contributed by atoms with Gasteiger partial charge in [-0.15, -0.1) is 0 Å². The minimum Gasteiger partial charge on any atom is -0.480 e. The molecular formula is C17H32N2O6. The molecule has 0 aliphatic carbocycles. The normalized spacial score (nSPS) is 15.8. The van der Waals surface area contributed by atoms with E-state index in [1.807, 2.05) is 0 Å². The maximum Gasteiger partial charge on any atom is 0.328 e. The lowest BCUT2D eigenvalue weighted by molar-refractivity contribution is -0.155. The molecule has 0 aromatic rings. The molecular weight excluding hydrogens is 328 g/mol. The van der Waals surface area contributed by atoms with E-state index in [0.29, 0.717) is 0 Å². The van der Waals surface area contributed by atoms with Gasteiger partial charge in [-0.3, -0.25) is 9.59 Å². The van der Waals surface area contributed by atoms with Crippen molar-refractivity contribution in [3.63, 3.8) is 0 Å². The van der Waals surface area contributed by atoms with Crippen molar-refractivity contribution in [2.45, 2.75) is 90.7 Å². The molecule has 4 N–H and O–H groups in total. The summed E-state index contributed by atoms with van der Waals surface area (Å²) in [7, 11) is 0. The first kappa shape index (κ1) is 23.3. The van der Waals surface area contributed by atoms with Crippen LogP contribution in [0, 0.1) is 0 Å². The van der Waals surface area contributed by atoms with E-state index in [0.717, 1.165) is 0 Å². The number of ether oxygens (including phenoxy) is 2. The minimum absolute atomic E-state index is 0.0301. The number of carboxylic acid groups (broad SMARTS) is 1. The first-order valence-corrected chi connectivity index (χ1v) is 8.31. The van der Waals surface area contributed by atoms with Crippen molar-refractivity contribution in [2.75, 3.05) is 0 Å². The summed E-state index contributed by atoms with van der Waals surface area (Å²) in [5, 5.41) is 11.7. The van der Waals surface area contributed by atoms with Gasteiger partial charge >= 0.3 is 11.9 Å². The number of nitrogens with one attached hydrogen (secondary N) is 1. The highest BCUT2D eigenvalue weighted by Crippen LogP contribution is 2.14. The first-order valence-electron chi connectivity index (χ1n) is 8.31. The van der Waals surface area contributed by atoms with E-state index in [9.17, 15) is 19.5 Å². The van der Waals surface area contributed by atoms with Crippen molar-refractivity contribution < 1.29 is 29.0 Å². The topological polar surface area (TPSA) is 128 Å². The van der Waals surface area contributed by atoms with Crippen LogP contribution in [0.25, 0.3) is 0 Å². The summed E-state index contributed by atoms with van der Waals surface area (Å²) in [6, 6.07) is -2.25. The summed E-state index contributed by atoms with van der Waals surface area (Å²) in [4.78, 5) is 35.2. The maximum absolute atomic E-state index is 12.1. The monoisotopic (exact) mass is 360 g/mol. The van der Waals surface area contributed by atoms with Gasteiger partial charge in [0.05, 0.1) is 17.7 Å². The van der Waals surface area contributed by atoms with Crippen molar-refractivity contribution in [1.29, 1.82) is 0 Å². The summed E-state index contributed by atoms with van der Waals surface area (Å²) in [5.74, 6) is -2.33. The molecule has 0 heterocycles. The predicted molar refractivity (Wildman–Crippen MR) is 92.9 cm³/mol. The Hall–Kier alpha value is -1.67. The number of rotatable bonds is 8. The molecule has 8 nitrogen and oxygen atoms in total. The van der Waals surface area contributed by atoms with E-state index < -0.39 is 47.2 Å². The van der Waals surface area contributed by atoms with Crippen molar-refractivity contribution >= 4 is 17.8 Å². The number of hydrogen-bond acceptors (Lipinski definition) is 6. The number of nitrogens with two attached hydrogens (primary N) is 1. The van der Waals surface area contributed by atoms with Gasteiger partial charge in [0.1, 0.15) is 5.60 Å². The highest BCUT2D eigenvalue weighted by molar-refractivity contribution is 5.87. The Kier molecular flexibility index (Phi) is 8.53. The molecule has 3 atom stereocenters. The number of carboxylic acids is 1. The molecule has 0 aliphatic rings. The van der Waals surface area contributed by atoms with E-state index in [2.05, 4.69) is 5.32 Å². The molecule has 0 aromatic carbocycles. The molecule has 8 heteroatoms. The second-order valence-electron chi connectivity index (χ2n) is 7.99.